The summed E-state index contributed by atoms with van der Waals surface area (Å²) >= 11 is 1.50. The summed E-state index contributed by atoms with van der Waals surface area (Å²) in [5, 5.41) is 9.31. The Hall–Kier alpha value is -1.89. The molecule has 0 aromatic carbocycles. The van der Waals surface area contributed by atoms with Gasteiger partial charge in [-0.05, 0) is 44.2 Å². The maximum atomic E-state index is 12.9. The van der Waals surface area contributed by atoms with Crippen LogP contribution in [0.2, 0.25) is 0 Å². The van der Waals surface area contributed by atoms with Crippen LogP contribution in [0.1, 0.15) is 34.1 Å². The van der Waals surface area contributed by atoms with E-state index < -0.39 is 0 Å². The Labute approximate surface area is 159 Å². The number of carbonyl (C=O) groups excluding carboxylic acids is 1. The smallest absolute Gasteiger partial charge is 0.235 e. The number of carbonyl (C=O) groups is 1. The predicted molar refractivity (Wildman–Crippen MR) is 104 cm³/mol. The first-order valence-corrected chi connectivity index (χ1v) is 10.2. The molecule has 0 N–H and O–H groups in total. The van der Waals surface area contributed by atoms with Crippen molar-refractivity contribution in [3.05, 3.63) is 24.5 Å². The summed E-state index contributed by atoms with van der Waals surface area (Å²) in [4.78, 5) is 19.0. The summed E-state index contributed by atoms with van der Waals surface area (Å²) in [6, 6.07) is 3.85. The minimum Gasteiger partial charge on any atom is -0.341 e. The Morgan fingerprint density at radius 2 is 1.88 bits per heavy atom. The van der Waals surface area contributed by atoms with Crippen molar-refractivity contribution in [3.8, 4) is 11.4 Å². The standard InChI is InChI=1S/C19H27N5OS/c1-5-24-17(16-6-8-20-9-7-16)21-22-19(24)26-15(4)18(25)23-11-13(2)10-14(3)12-23/h6-9,13-15H,5,10-12H2,1-4H3. The molecule has 3 rings (SSSR count). The van der Waals surface area contributed by atoms with E-state index in [0.29, 0.717) is 11.8 Å². The Bertz CT molecular complexity index is 738. The third kappa shape index (κ3) is 4.09. The summed E-state index contributed by atoms with van der Waals surface area (Å²) in [5.74, 6) is 2.15. The molecule has 0 spiro atoms. The first kappa shape index (κ1) is 18.9. The molecule has 0 saturated carbocycles. The molecule has 3 unspecified atom stereocenters. The van der Waals surface area contributed by atoms with Gasteiger partial charge in [-0.15, -0.1) is 10.2 Å². The van der Waals surface area contributed by atoms with Gasteiger partial charge < -0.3 is 9.47 Å². The zero-order valence-electron chi connectivity index (χ0n) is 15.9. The first-order chi connectivity index (χ1) is 12.5. The SMILES string of the molecule is CCn1c(SC(C)C(=O)N2CC(C)CC(C)C2)nnc1-c1ccncc1. The summed E-state index contributed by atoms with van der Waals surface area (Å²) < 4.78 is 2.06. The largest absolute Gasteiger partial charge is 0.341 e. The number of hydrogen-bond donors (Lipinski definition) is 0. The molecule has 3 heterocycles. The lowest BCUT2D eigenvalue weighted by Gasteiger charge is -2.36. The maximum Gasteiger partial charge on any atom is 0.235 e. The van der Waals surface area contributed by atoms with E-state index in [9.17, 15) is 4.79 Å². The van der Waals surface area contributed by atoms with Gasteiger partial charge in [0.2, 0.25) is 5.91 Å². The highest BCUT2D eigenvalue weighted by molar-refractivity contribution is 8.00. The normalized spacial score (nSPS) is 21.6. The van der Waals surface area contributed by atoms with Gasteiger partial charge in [-0.25, -0.2) is 0 Å². The van der Waals surface area contributed by atoms with Gasteiger partial charge in [0.1, 0.15) is 0 Å². The molecule has 2 aromatic heterocycles. The van der Waals surface area contributed by atoms with E-state index in [2.05, 4.69) is 40.5 Å². The third-order valence-corrected chi connectivity index (χ3v) is 5.85. The average molecular weight is 374 g/mol. The van der Waals surface area contributed by atoms with E-state index in [-0.39, 0.29) is 11.2 Å². The van der Waals surface area contributed by atoms with Crippen LogP contribution in [0.5, 0.6) is 0 Å². The molecule has 0 bridgehead atoms. The fourth-order valence-electron chi connectivity index (χ4n) is 3.68. The molecule has 3 atom stereocenters. The van der Waals surface area contributed by atoms with Crippen molar-refractivity contribution in [2.45, 2.75) is 51.1 Å². The van der Waals surface area contributed by atoms with Gasteiger partial charge in [0.15, 0.2) is 11.0 Å². The summed E-state index contributed by atoms with van der Waals surface area (Å²) in [6.07, 6.45) is 4.70. The minimum absolute atomic E-state index is 0.174. The minimum atomic E-state index is -0.174. The molecular weight excluding hydrogens is 346 g/mol. The number of hydrogen-bond acceptors (Lipinski definition) is 5. The van der Waals surface area contributed by atoms with Gasteiger partial charge in [0.05, 0.1) is 5.25 Å². The quantitative estimate of drug-likeness (QED) is 0.752. The summed E-state index contributed by atoms with van der Waals surface area (Å²) in [5.41, 5.74) is 0.985. The monoisotopic (exact) mass is 373 g/mol. The van der Waals surface area contributed by atoms with Crippen LogP contribution < -0.4 is 0 Å². The zero-order valence-corrected chi connectivity index (χ0v) is 16.7. The van der Waals surface area contributed by atoms with Crippen LogP contribution in [0.4, 0.5) is 0 Å². The van der Waals surface area contributed by atoms with Gasteiger partial charge in [-0.2, -0.15) is 0 Å². The number of thioether (sulfide) groups is 1. The van der Waals surface area contributed by atoms with Crippen molar-refractivity contribution < 1.29 is 4.79 Å². The molecule has 1 fully saturated rings. The Balaban J connectivity index is 1.74. The lowest BCUT2D eigenvalue weighted by molar-refractivity contribution is -0.132. The second-order valence-electron chi connectivity index (χ2n) is 7.24. The molecule has 1 aliphatic heterocycles. The maximum absolute atomic E-state index is 12.9. The molecule has 1 saturated heterocycles. The summed E-state index contributed by atoms with van der Waals surface area (Å²) in [7, 11) is 0. The fraction of sp³-hybridized carbons (Fsp3) is 0.579. The van der Waals surface area contributed by atoms with E-state index in [4.69, 9.17) is 0 Å². The van der Waals surface area contributed by atoms with Crippen molar-refractivity contribution in [1.82, 2.24) is 24.6 Å². The van der Waals surface area contributed by atoms with Gasteiger partial charge in [0, 0.05) is 37.6 Å². The van der Waals surface area contributed by atoms with Crippen molar-refractivity contribution in [1.29, 1.82) is 0 Å². The molecule has 6 nitrogen and oxygen atoms in total. The third-order valence-electron chi connectivity index (χ3n) is 4.78. The zero-order chi connectivity index (χ0) is 18.7. The van der Waals surface area contributed by atoms with Crippen LogP contribution in [0.15, 0.2) is 29.7 Å². The molecule has 7 heteroatoms. The van der Waals surface area contributed by atoms with Crippen molar-refractivity contribution in [2.75, 3.05) is 13.1 Å². The number of likely N-dealkylation sites (tertiary alicyclic amines) is 1. The number of pyridine rings is 1. The van der Waals surface area contributed by atoms with Crippen LogP contribution in [0.25, 0.3) is 11.4 Å². The van der Waals surface area contributed by atoms with Crippen molar-refractivity contribution in [3.63, 3.8) is 0 Å². The van der Waals surface area contributed by atoms with Gasteiger partial charge >= 0.3 is 0 Å². The van der Waals surface area contributed by atoms with Crippen LogP contribution in [0.3, 0.4) is 0 Å². The van der Waals surface area contributed by atoms with E-state index in [1.807, 2.05) is 24.0 Å². The highest BCUT2D eigenvalue weighted by atomic mass is 32.2. The van der Waals surface area contributed by atoms with Gasteiger partial charge in [-0.3, -0.25) is 9.78 Å². The first-order valence-electron chi connectivity index (χ1n) is 9.28. The topological polar surface area (TPSA) is 63.9 Å². The molecule has 0 radical (unpaired) electrons. The lowest BCUT2D eigenvalue weighted by Crippen LogP contribution is -2.45. The number of piperidine rings is 1. The highest BCUT2D eigenvalue weighted by Crippen LogP contribution is 2.29. The fourth-order valence-corrected chi connectivity index (χ4v) is 4.68. The molecule has 140 valence electrons. The average Bonchev–Trinajstić information content (AvgIpc) is 3.03. The van der Waals surface area contributed by atoms with Gasteiger partial charge in [-0.1, -0.05) is 25.6 Å². The Morgan fingerprint density at radius 1 is 1.23 bits per heavy atom. The second kappa shape index (κ2) is 8.20. The number of nitrogens with zero attached hydrogens (tertiary/aromatic N) is 5. The predicted octanol–water partition coefficient (Wildman–Crippen LogP) is 3.35. The van der Waals surface area contributed by atoms with Crippen LogP contribution in [-0.2, 0) is 11.3 Å². The lowest BCUT2D eigenvalue weighted by atomic mass is 9.92. The van der Waals surface area contributed by atoms with Crippen molar-refractivity contribution >= 4 is 17.7 Å². The Kier molecular flexibility index (Phi) is 5.96. The van der Waals surface area contributed by atoms with Gasteiger partial charge in [0.25, 0.3) is 0 Å². The van der Waals surface area contributed by atoms with E-state index in [1.54, 1.807) is 12.4 Å². The van der Waals surface area contributed by atoms with Crippen molar-refractivity contribution in [2.24, 2.45) is 11.8 Å². The molecule has 2 aromatic rings. The Morgan fingerprint density at radius 3 is 2.50 bits per heavy atom. The molecular formula is C19H27N5OS. The molecule has 1 aliphatic rings. The molecule has 0 aliphatic carbocycles. The number of amides is 1. The van der Waals surface area contributed by atoms with E-state index in [1.165, 1.54) is 18.2 Å². The highest BCUT2D eigenvalue weighted by Gasteiger charge is 2.29. The van der Waals surface area contributed by atoms with E-state index in [0.717, 1.165) is 36.2 Å². The van der Waals surface area contributed by atoms with E-state index >= 15 is 0 Å². The molecule has 1 amide bonds. The van der Waals surface area contributed by atoms with Crippen LogP contribution >= 0.6 is 11.8 Å². The second-order valence-corrected chi connectivity index (χ2v) is 8.54. The summed E-state index contributed by atoms with van der Waals surface area (Å²) in [6.45, 7) is 11.0. The number of aromatic nitrogens is 4. The van der Waals surface area contributed by atoms with Crippen LogP contribution in [0, 0.1) is 11.8 Å². The number of rotatable bonds is 5. The molecule has 26 heavy (non-hydrogen) atoms. The van der Waals surface area contributed by atoms with Crippen LogP contribution in [-0.4, -0.2) is 48.9 Å².